The fourth-order valence-corrected chi connectivity index (χ4v) is 1.43. The highest BCUT2D eigenvalue weighted by Gasteiger charge is 2.02. The number of hydrogen-bond acceptors (Lipinski definition) is 0. The van der Waals surface area contributed by atoms with Gasteiger partial charge >= 0.3 is 0 Å². The first-order chi connectivity index (χ1) is 6.09. The molecule has 0 aliphatic carbocycles. The van der Waals surface area contributed by atoms with Gasteiger partial charge in [0.1, 0.15) is 10.3 Å². The maximum atomic E-state index is 12.5. The van der Waals surface area contributed by atoms with Crippen LogP contribution in [0.15, 0.2) is 34.8 Å². The van der Waals surface area contributed by atoms with Gasteiger partial charge in [0.2, 0.25) is 0 Å². The number of halogens is 3. The Kier molecular flexibility index (Phi) is 3.76. The summed E-state index contributed by atoms with van der Waals surface area (Å²) in [6, 6.07) is 6.27. The van der Waals surface area contributed by atoms with E-state index in [9.17, 15) is 4.39 Å². The third-order valence-electron chi connectivity index (χ3n) is 1.77. The monoisotopic (exact) mass is 218 g/mol. The molecule has 1 aromatic carbocycles. The first-order valence-corrected chi connectivity index (χ1v) is 4.63. The highest BCUT2D eigenvalue weighted by atomic mass is 35.5. The van der Waals surface area contributed by atoms with Crippen LogP contribution < -0.4 is 0 Å². The van der Waals surface area contributed by atoms with Gasteiger partial charge in [-0.1, -0.05) is 42.3 Å². The first kappa shape index (κ1) is 10.6. The smallest absolute Gasteiger partial charge is 0.123 e. The molecule has 0 bridgehead atoms. The van der Waals surface area contributed by atoms with E-state index in [1.807, 2.05) is 6.92 Å². The summed E-state index contributed by atoms with van der Waals surface area (Å²) >= 11 is 11.0. The predicted octanol–water partition coefficient (Wildman–Crippen LogP) is 4.25. The fraction of sp³-hybridized carbons (Fsp3) is 0.200. The minimum Gasteiger partial charge on any atom is -0.207 e. The van der Waals surface area contributed by atoms with Crippen molar-refractivity contribution in [2.45, 2.75) is 12.8 Å². The van der Waals surface area contributed by atoms with Crippen LogP contribution in [0.3, 0.4) is 0 Å². The van der Waals surface area contributed by atoms with Gasteiger partial charge in [-0.2, -0.15) is 0 Å². The summed E-state index contributed by atoms with van der Waals surface area (Å²) in [5.74, 6) is -0.137. The predicted molar refractivity (Wildman–Crippen MR) is 54.6 cm³/mol. The molecular weight excluding hydrogens is 210 g/mol. The van der Waals surface area contributed by atoms with Gasteiger partial charge in [-0.3, -0.25) is 0 Å². The number of allylic oxidation sites excluding steroid dienone is 1. The lowest BCUT2D eigenvalue weighted by atomic mass is 10.0. The largest absolute Gasteiger partial charge is 0.207 e. The van der Waals surface area contributed by atoms with Gasteiger partial charge < -0.3 is 0 Å². The summed E-state index contributed by atoms with van der Waals surface area (Å²) in [7, 11) is 0. The average molecular weight is 219 g/mol. The average Bonchev–Trinajstić information content (AvgIpc) is 2.04. The summed E-state index contributed by atoms with van der Waals surface area (Å²) in [4.78, 5) is 0. The molecule has 0 spiro atoms. The molecule has 0 fully saturated rings. The van der Waals surface area contributed by atoms with Crippen molar-refractivity contribution in [2.24, 2.45) is 0 Å². The van der Waals surface area contributed by atoms with E-state index in [0.717, 1.165) is 5.56 Å². The van der Waals surface area contributed by atoms with Crippen LogP contribution in [0.1, 0.15) is 18.4 Å². The molecule has 0 aliphatic heterocycles. The molecule has 3 heteroatoms. The van der Waals surface area contributed by atoms with Gasteiger partial charge in [0.25, 0.3) is 0 Å². The minimum absolute atomic E-state index is 0.102. The van der Waals surface area contributed by atoms with Crippen LogP contribution in [0.5, 0.6) is 0 Å². The number of benzene rings is 1. The highest BCUT2D eigenvalue weighted by molar-refractivity contribution is 6.55. The molecule has 0 saturated carbocycles. The maximum absolute atomic E-state index is 12.5. The van der Waals surface area contributed by atoms with Gasteiger partial charge in [0.15, 0.2) is 0 Å². The molecule has 0 saturated heterocycles. The Labute approximate surface area is 87.0 Å². The highest BCUT2D eigenvalue weighted by Crippen LogP contribution is 2.21. The number of hydrogen-bond donors (Lipinski definition) is 0. The first-order valence-electron chi connectivity index (χ1n) is 3.88. The van der Waals surface area contributed by atoms with Crippen LogP contribution in [-0.4, -0.2) is 0 Å². The molecule has 0 unspecified atom stereocenters. The molecule has 0 amide bonds. The molecule has 1 atom stereocenters. The number of rotatable bonds is 2. The third-order valence-corrected chi connectivity index (χ3v) is 2.02. The molecule has 13 heavy (non-hydrogen) atoms. The maximum Gasteiger partial charge on any atom is 0.123 e. The van der Waals surface area contributed by atoms with Crippen molar-refractivity contribution in [3.8, 4) is 0 Å². The Morgan fingerprint density at radius 1 is 1.31 bits per heavy atom. The van der Waals surface area contributed by atoms with Crippen LogP contribution >= 0.6 is 23.2 Å². The molecular formula is C10H9Cl2F. The van der Waals surface area contributed by atoms with Crippen molar-refractivity contribution in [1.82, 2.24) is 0 Å². The van der Waals surface area contributed by atoms with Gasteiger partial charge in [-0.15, -0.1) is 0 Å². The van der Waals surface area contributed by atoms with E-state index in [1.165, 1.54) is 12.1 Å². The van der Waals surface area contributed by atoms with E-state index in [2.05, 4.69) is 0 Å². The Morgan fingerprint density at radius 2 is 1.85 bits per heavy atom. The van der Waals surface area contributed by atoms with E-state index in [4.69, 9.17) is 23.2 Å². The molecule has 0 nitrogen and oxygen atoms in total. The Morgan fingerprint density at radius 3 is 2.31 bits per heavy atom. The lowest BCUT2D eigenvalue weighted by Gasteiger charge is -2.05. The molecule has 70 valence electrons. The topological polar surface area (TPSA) is 0 Å². The Bertz CT molecular complexity index is 299. The van der Waals surface area contributed by atoms with E-state index < -0.39 is 0 Å². The van der Waals surface area contributed by atoms with E-state index >= 15 is 0 Å². The lowest BCUT2D eigenvalue weighted by molar-refractivity contribution is 0.626. The summed E-state index contributed by atoms with van der Waals surface area (Å²) in [6.45, 7) is 1.94. The van der Waals surface area contributed by atoms with Crippen molar-refractivity contribution < 1.29 is 4.39 Å². The zero-order valence-electron chi connectivity index (χ0n) is 7.10. The van der Waals surface area contributed by atoms with Crippen molar-refractivity contribution in [2.75, 3.05) is 0 Å². The van der Waals surface area contributed by atoms with Crippen molar-refractivity contribution >= 4 is 23.2 Å². The summed E-state index contributed by atoms with van der Waals surface area (Å²) in [5.41, 5.74) is 0.986. The second-order valence-corrected chi connectivity index (χ2v) is 3.80. The molecule has 0 aliphatic rings. The van der Waals surface area contributed by atoms with Crippen molar-refractivity contribution in [1.29, 1.82) is 0 Å². The van der Waals surface area contributed by atoms with E-state index in [0.29, 0.717) is 0 Å². The minimum atomic E-state index is -0.239. The molecule has 0 radical (unpaired) electrons. The molecule has 0 heterocycles. The molecule has 0 N–H and O–H groups in total. The molecule has 0 aromatic heterocycles. The van der Waals surface area contributed by atoms with Gasteiger partial charge in [-0.25, -0.2) is 4.39 Å². The van der Waals surface area contributed by atoms with Crippen molar-refractivity contribution in [3.63, 3.8) is 0 Å². The second-order valence-electron chi connectivity index (χ2n) is 2.80. The quantitative estimate of drug-likeness (QED) is 0.697. The summed E-state index contributed by atoms with van der Waals surface area (Å²) in [5, 5.41) is 0. The van der Waals surface area contributed by atoms with Crippen LogP contribution in [0.2, 0.25) is 0 Å². The third kappa shape index (κ3) is 3.37. The summed E-state index contributed by atoms with van der Waals surface area (Å²) < 4.78 is 12.8. The van der Waals surface area contributed by atoms with E-state index in [1.54, 1.807) is 18.2 Å². The van der Waals surface area contributed by atoms with Crippen LogP contribution in [0.4, 0.5) is 4.39 Å². The SMILES string of the molecule is C[C@H](C=C(Cl)Cl)c1ccc(F)cc1. The van der Waals surface area contributed by atoms with Gasteiger partial charge in [0, 0.05) is 5.92 Å². The standard InChI is InChI=1S/C10H9Cl2F/c1-7(6-10(11)12)8-2-4-9(13)5-3-8/h2-7H,1H3/t7-/m1/s1. The van der Waals surface area contributed by atoms with Crippen molar-refractivity contribution in [3.05, 3.63) is 46.2 Å². The normalized spacial score (nSPS) is 12.3. The lowest BCUT2D eigenvalue weighted by Crippen LogP contribution is -1.88. The molecule has 1 rings (SSSR count). The van der Waals surface area contributed by atoms with Gasteiger partial charge in [-0.05, 0) is 23.8 Å². The van der Waals surface area contributed by atoms with E-state index in [-0.39, 0.29) is 16.2 Å². The zero-order valence-corrected chi connectivity index (χ0v) is 8.61. The van der Waals surface area contributed by atoms with Crippen LogP contribution in [0, 0.1) is 5.82 Å². The second kappa shape index (κ2) is 4.64. The Balaban J connectivity index is 2.83. The molecule has 1 aromatic rings. The Hall–Kier alpha value is -0.530. The summed E-state index contributed by atoms with van der Waals surface area (Å²) in [6.07, 6.45) is 1.70. The van der Waals surface area contributed by atoms with Gasteiger partial charge in [0.05, 0.1) is 0 Å². The van der Waals surface area contributed by atoms with Crippen LogP contribution in [0.25, 0.3) is 0 Å². The fourth-order valence-electron chi connectivity index (χ4n) is 1.05. The zero-order chi connectivity index (χ0) is 9.84. The van der Waals surface area contributed by atoms with Crippen LogP contribution in [-0.2, 0) is 0 Å².